The van der Waals surface area contributed by atoms with Crippen LogP contribution in [0.1, 0.15) is 31.4 Å². The van der Waals surface area contributed by atoms with Gasteiger partial charge in [-0.05, 0) is 53.3 Å². The third-order valence-corrected chi connectivity index (χ3v) is 6.13. The number of aryl methyl sites for hydroxylation is 1. The molecule has 5 heteroatoms. The smallest absolute Gasteiger partial charge is 0.262 e. The largest absolute Gasteiger partial charge is 0.369 e. The number of nitrogens with zero attached hydrogens (tertiary/aromatic N) is 2. The van der Waals surface area contributed by atoms with Crippen molar-refractivity contribution >= 4 is 23.5 Å². The van der Waals surface area contributed by atoms with Crippen LogP contribution in [0.5, 0.6) is 0 Å². The molecule has 1 atom stereocenters. The van der Waals surface area contributed by atoms with Crippen molar-refractivity contribution in [3.8, 4) is 11.1 Å². The van der Waals surface area contributed by atoms with Crippen molar-refractivity contribution in [3.05, 3.63) is 58.6 Å². The highest BCUT2D eigenvalue weighted by atomic mass is 35.5. The Morgan fingerprint density at radius 2 is 1.88 bits per heavy atom. The summed E-state index contributed by atoms with van der Waals surface area (Å²) in [5.41, 5.74) is 8.95. The molecule has 2 aromatic carbocycles. The molecule has 2 N–H and O–H groups in total. The van der Waals surface area contributed by atoms with Crippen molar-refractivity contribution < 1.29 is 4.79 Å². The standard InChI is InChI=1S/C21H22ClN3O/c1-20(2)10-9-13-7-8-15(14-5-4-6-16(22)11-14)12-17(13)21(20)18(26)25(3)19(23)24-21/h4-8,11-12H,9-10H2,1-3H3,(H2,23,24). The van der Waals surface area contributed by atoms with E-state index >= 15 is 0 Å². The second kappa shape index (κ2) is 5.58. The van der Waals surface area contributed by atoms with E-state index in [1.54, 1.807) is 7.05 Å². The van der Waals surface area contributed by atoms with Crippen molar-refractivity contribution in [2.24, 2.45) is 16.1 Å². The van der Waals surface area contributed by atoms with E-state index in [4.69, 9.17) is 22.3 Å². The first kappa shape index (κ1) is 17.1. The summed E-state index contributed by atoms with van der Waals surface area (Å²) in [7, 11) is 1.70. The van der Waals surface area contributed by atoms with Gasteiger partial charge in [0.2, 0.25) is 0 Å². The number of benzene rings is 2. The van der Waals surface area contributed by atoms with E-state index < -0.39 is 5.54 Å². The molecule has 2 aliphatic rings. The molecule has 1 heterocycles. The van der Waals surface area contributed by atoms with Crippen LogP contribution in [0.2, 0.25) is 5.02 Å². The Labute approximate surface area is 158 Å². The maximum Gasteiger partial charge on any atom is 0.262 e. The fourth-order valence-corrected chi connectivity index (χ4v) is 4.42. The minimum absolute atomic E-state index is 0.0517. The lowest BCUT2D eigenvalue weighted by molar-refractivity contribution is -0.135. The van der Waals surface area contributed by atoms with Gasteiger partial charge < -0.3 is 5.73 Å². The van der Waals surface area contributed by atoms with E-state index in [1.807, 2.05) is 24.3 Å². The molecule has 2 aromatic rings. The number of hydrogen-bond acceptors (Lipinski definition) is 3. The zero-order chi connectivity index (χ0) is 18.7. The molecule has 1 aliphatic heterocycles. The normalized spacial score (nSPS) is 23.9. The number of halogens is 1. The number of amides is 1. The molecule has 0 aromatic heterocycles. The molecule has 0 bridgehead atoms. The summed E-state index contributed by atoms with van der Waals surface area (Å²) in [6.45, 7) is 4.21. The van der Waals surface area contributed by atoms with Crippen molar-refractivity contribution in [3.63, 3.8) is 0 Å². The molecule has 0 radical (unpaired) electrons. The number of carbonyl (C=O) groups is 1. The maximum atomic E-state index is 13.3. The van der Waals surface area contributed by atoms with Gasteiger partial charge in [-0.15, -0.1) is 0 Å². The number of hydrogen-bond donors (Lipinski definition) is 1. The summed E-state index contributed by atoms with van der Waals surface area (Å²) in [5.74, 6) is 0.230. The fraction of sp³-hybridized carbons (Fsp3) is 0.333. The summed E-state index contributed by atoms with van der Waals surface area (Å²) >= 11 is 6.17. The van der Waals surface area contributed by atoms with Gasteiger partial charge in [0, 0.05) is 17.5 Å². The van der Waals surface area contributed by atoms with Gasteiger partial charge in [0.1, 0.15) is 0 Å². The van der Waals surface area contributed by atoms with Gasteiger partial charge in [0.05, 0.1) is 0 Å². The number of carbonyl (C=O) groups excluding carboxylic acids is 1. The van der Waals surface area contributed by atoms with Gasteiger partial charge in [0.15, 0.2) is 11.5 Å². The van der Waals surface area contributed by atoms with E-state index in [2.05, 4.69) is 32.0 Å². The highest BCUT2D eigenvalue weighted by Gasteiger charge is 2.59. The molecule has 0 fully saturated rings. The summed E-state index contributed by atoms with van der Waals surface area (Å²) in [6.07, 6.45) is 1.80. The number of guanidine groups is 1. The first-order valence-electron chi connectivity index (χ1n) is 8.79. The lowest BCUT2D eigenvalue weighted by Gasteiger charge is -2.45. The molecular weight excluding hydrogens is 346 g/mol. The highest BCUT2D eigenvalue weighted by molar-refractivity contribution is 6.30. The van der Waals surface area contributed by atoms with Crippen LogP contribution in [0.25, 0.3) is 11.1 Å². The monoisotopic (exact) mass is 367 g/mol. The van der Waals surface area contributed by atoms with Crippen LogP contribution in [0, 0.1) is 5.41 Å². The molecule has 1 unspecified atom stereocenters. The van der Waals surface area contributed by atoms with Crippen molar-refractivity contribution in [1.29, 1.82) is 0 Å². The van der Waals surface area contributed by atoms with E-state index in [0.29, 0.717) is 5.02 Å². The topological polar surface area (TPSA) is 58.7 Å². The number of likely N-dealkylation sites (N-methyl/N-ethyl adjacent to an activating group) is 1. The van der Waals surface area contributed by atoms with Crippen LogP contribution < -0.4 is 5.73 Å². The Hall–Kier alpha value is -2.33. The van der Waals surface area contributed by atoms with E-state index in [9.17, 15) is 4.79 Å². The first-order chi connectivity index (χ1) is 12.3. The van der Waals surface area contributed by atoms with E-state index in [0.717, 1.165) is 35.1 Å². The van der Waals surface area contributed by atoms with E-state index in [1.165, 1.54) is 4.90 Å². The number of rotatable bonds is 1. The Kier molecular flexibility index (Phi) is 3.67. The van der Waals surface area contributed by atoms with Gasteiger partial charge >= 0.3 is 0 Å². The zero-order valence-corrected chi connectivity index (χ0v) is 16.0. The zero-order valence-electron chi connectivity index (χ0n) is 15.2. The second-order valence-electron chi connectivity index (χ2n) is 7.81. The SMILES string of the molecule is CN1C(=O)C2(N=C1N)c1cc(-c3cccc(Cl)c3)ccc1CCC2(C)C. The molecule has 4 nitrogen and oxygen atoms in total. The van der Waals surface area contributed by atoms with Gasteiger partial charge in [-0.25, -0.2) is 4.99 Å². The molecule has 1 amide bonds. The predicted molar refractivity (Wildman–Crippen MR) is 105 cm³/mol. The summed E-state index contributed by atoms with van der Waals surface area (Å²) in [6, 6.07) is 14.0. The fourth-order valence-electron chi connectivity index (χ4n) is 4.23. The third-order valence-electron chi connectivity index (χ3n) is 5.90. The van der Waals surface area contributed by atoms with Crippen LogP contribution in [0.3, 0.4) is 0 Å². The van der Waals surface area contributed by atoms with Crippen LogP contribution in [0.15, 0.2) is 47.5 Å². The van der Waals surface area contributed by atoms with Gasteiger partial charge in [-0.3, -0.25) is 9.69 Å². The number of fused-ring (bicyclic) bond motifs is 2. The Morgan fingerprint density at radius 1 is 1.15 bits per heavy atom. The third kappa shape index (κ3) is 2.21. The quantitative estimate of drug-likeness (QED) is 0.829. The van der Waals surface area contributed by atoms with E-state index in [-0.39, 0.29) is 17.3 Å². The van der Waals surface area contributed by atoms with Crippen molar-refractivity contribution in [2.45, 2.75) is 32.2 Å². The Balaban J connectivity index is 1.96. The summed E-state index contributed by atoms with van der Waals surface area (Å²) in [5, 5.41) is 0.689. The molecule has 134 valence electrons. The van der Waals surface area contributed by atoms with Crippen LogP contribution in [0.4, 0.5) is 0 Å². The molecule has 0 saturated carbocycles. The average Bonchev–Trinajstić information content (AvgIpc) is 2.84. The van der Waals surface area contributed by atoms with Crippen molar-refractivity contribution in [1.82, 2.24) is 4.90 Å². The molecule has 1 spiro atoms. The lowest BCUT2D eigenvalue weighted by Crippen LogP contribution is -2.51. The Bertz CT molecular complexity index is 950. The van der Waals surface area contributed by atoms with Crippen molar-refractivity contribution in [2.75, 3.05) is 7.05 Å². The Morgan fingerprint density at radius 3 is 2.54 bits per heavy atom. The van der Waals surface area contributed by atoms with Gasteiger partial charge in [0.25, 0.3) is 5.91 Å². The van der Waals surface area contributed by atoms with Crippen LogP contribution in [-0.2, 0) is 16.8 Å². The summed E-state index contributed by atoms with van der Waals surface area (Å²) < 4.78 is 0. The highest BCUT2D eigenvalue weighted by Crippen LogP contribution is 2.54. The van der Waals surface area contributed by atoms with Gasteiger partial charge in [-0.1, -0.05) is 49.7 Å². The predicted octanol–water partition coefficient (Wildman–Crippen LogP) is 3.96. The minimum Gasteiger partial charge on any atom is -0.369 e. The maximum absolute atomic E-state index is 13.3. The molecule has 26 heavy (non-hydrogen) atoms. The number of aliphatic imine (C=N–C) groups is 1. The molecule has 1 aliphatic carbocycles. The first-order valence-corrected chi connectivity index (χ1v) is 9.17. The molecular formula is C21H22ClN3O. The average molecular weight is 368 g/mol. The van der Waals surface area contributed by atoms with Crippen LogP contribution >= 0.6 is 11.6 Å². The van der Waals surface area contributed by atoms with Crippen LogP contribution in [-0.4, -0.2) is 23.8 Å². The second-order valence-corrected chi connectivity index (χ2v) is 8.25. The molecule has 4 rings (SSSR count). The minimum atomic E-state index is -0.964. The van der Waals surface area contributed by atoms with Gasteiger partial charge in [-0.2, -0.15) is 0 Å². The number of nitrogens with two attached hydrogens (primary N) is 1. The molecule has 0 saturated heterocycles. The lowest BCUT2D eigenvalue weighted by atomic mass is 9.60. The summed E-state index contributed by atoms with van der Waals surface area (Å²) in [4.78, 5) is 19.5.